The molecule has 0 aromatic heterocycles. The number of hydrogen-bond donors (Lipinski definition) is 0. The van der Waals surface area contributed by atoms with Crippen molar-refractivity contribution in [3.63, 3.8) is 0 Å². The molecule has 0 atom stereocenters. The summed E-state index contributed by atoms with van der Waals surface area (Å²) >= 11 is 1.91. The summed E-state index contributed by atoms with van der Waals surface area (Å²) in [7, 11) is 0. The van der Waals surface area contributed by atoms with Crippen LogP contribution < -0.4 is 0 Å². The Bertz CT molecular complexity index is 572. The van der Waals surface area contributed by atoms with E-state index in [-0.39, 0.29) is 0 Å². The van der Waals surface area contributed by atoms with Crippen LogP contribution in [-0.2, 0) is 12.8 Å². The van der Waals surface area contributed by atoms with Crippen LogP contribution in [-0.4, -0.2) is 0 Å². The number of aryl methyl sites for hydroxylation is 2. The Morgan fingerprint density at radius 1 is 0.696 bits per heavy atom. The van der Waals surface area contributed by atoms with Gasteiger partial charge in [0, 0.05) is 9.79 Å². The molecule has 2 aromatic rings. The molecule has 0 spiro atoms. The van der Waals surface area contributed by atoms with Crippen LogP contribution in [0.3, 0.4) is 0 Å². The second-order valence-electron chi connectivity index (χ2n) is 5.68. The molecule has 120 valence electrons. The summed E-state index contributed by atoms with van der Waals surface area (Å²) in [4.78, 5) is 2.76. The third-order valence-electron chi connectivity index (χ3n) is 3.87. The molecule has 0 nitrogen and oxygen atoms in total. The minimum absolute atomic E-state index is 1.08. The molecule has 0 saturated heterocycles. The van der Waals surface area contributed by atoms with E-state index in [1.807, 2.05) is 23.9 Å². The van der Waals surface area contributed by atoms with Crippen LogP contribution in [0.1, 0.15) is 36.8 Å². The molecule has 23 heavy (non-hydrogen) atoms. The highest BCUT2D eigenvalue weighted by molar-refractivity contribution is 7.99. The van der Waals surface area contributed by atoms with E-state index in [2.05, 4.69) is 61.7 Å². The van der Waals surface area contributed by atoms with Gasteiger partial charge in [0.2, 0.25) is 0 Å². The number of rotatable bonds is 10. The lowest BCUT2D eigenvalue weighted by Gasteiger charge is -2.12. The van der Waals surface area contributed by atoms with Gasteiger partial charge in [0.25, 0.3) is 0 Å². The average Bonchev–Trinajstić information content (AvgIpc) is 2.58. The van der Waals surface area contributed by atoms with E-state index in [4.69, 9.17) is 0 Å². The summed E-state index contributed by atoms with van der Waals surface area (Å²) in [5.41, 5.74) is 2.89. The molecular weight excluding hydrogens is 296 g/mol. The average molecular weight is 323 g/mol. The van der Waals surface area contributed by atoms with Crippen molar-refractivity contribution in [2.75, 3.05) is 0 Å². The predicted molar refractivity (Wildman–Crippen MR) is 103 cm³/mol. The van der Waals surface area contributed by atoms with Crippen molar-refractivity contribution in [3.8, 4) is 0 Å². The Hall–Kier alpha value is -1.73. The second kappa shape index (κ2) is 10.1. The van der Waals surface area contributed by atoms with Gasteiger partial charge in [-0.25, -0.2) is 0 Å². The van der Waals surface area contributed by atoms with Crippen LogP contribution in [0.2, 0.25) is 0 Å². The molecule has 0 bridgehead atoms. The molecule has 0 saturated carbocycles. The molecule has 0 aliphatic rings. The normalized spacial score (nSPS) is 10.4. The lowest BCUT2D eigenvalue weighted by molar-refractivity contribution is 0.826. The van der Waals surface area contributed by atoms with Crippen LogP contribution >= 0.6 is 11.8 Å². The van der Waals surface area contributed by atoms with E-state index in [0.29, 0.717) is 0 Å². The highest BCUT2D eigenvalue weighted by Gasteiger charge is 2.07. The van der Waals surface area contributed by atoms with Crippen molar-refractivity contribution < 1.29 is 0 Å². The van der Waals surface area contributed by atoms with E-state index in [1.54, 1.807) is 0 Å². The second-order valence-corrected chi connectivity index (χ2v) is 6.76. The first-order valence-electron chi connectivity index (χ1n) is 8.40. The van der Waals surface area contributed by atoms with Crippen molar-refractivity contribution in [1.82, 2.24) is 0 Å². The third kappa shape index (κ3) is 5.76. The van der Waals surface area contributed by atoms with Gasteiger partial charge >= 0.3 is 0 Å². The van der Waals surface area contributed by atoms with Gasteiger partial charge in [0.1, 0.15) is 0 Å². The smallest absolute Gasteiger partial charge is 0.0154 e. The van der Waals surface area contributed by atoms with Crippen molar-refractivity contribution in [2.24, 2.45) is 0 Å². The molecule has 0 fully saturated rings. The van der Waals surface area contributed by atoms with Crippen LogP contribution in [0.5, 0.6) is 0 Å². The van der Waals surface area contributed by atoms with Crippen molar-refractivity contribution in [2.45, 2.75) is 48.3 Å². The SMILES string of the molecule is C=CCCCc1ccccc1Sc1ccccc1CCCC=C. The maximum absolute atomic E-state index is 3.82. The number of benzene rings is 2. The van der Waals surface area contributed by atoms with E-state index in [1.165, 1.54) is 33.8 Å². The molecule has 0 radical (unpaired) electrons. The summed E-state index contributed by atoms with van der Waals surface area (Å²) < 4.78 is 0. The Morgan fingerprint density at radius 2 is 1.13 bits per heavy atom. The van der Waals surface area contributed by atoms with Gasteiger partial charge < -0.3 is 0 Å². The number of allylic oxidation sites excluding steroid dienone is 2. The van der Waals surface area contributed by atoms with Crippen LogP contribution in [0.15, 0.2) is 83.6 Å². The van der Waals surface area contributed by atoms with E-state index in [0.717, 1.165) is 25.7 Å². The van der Waals surface area contributed by atoms with Crippen molar-refractivity contribution in [3.05, 3.63) is 85.0 Å². The third-order valence-corrected chi connectivity index (χ3v) is 5.11. The Morgan fingerprint density at radius 3 is 1.57 bits per heavy atom. The van der Waals surface area contributed by atoms with E-state index in [9.17, 15) is 0 Å². The molecule has 0 heterocycles. The van der Waals surface area contributed by atoms with Gasteiger partial charge in [0.05, 0.1) is 0 Å². The summed E-state index contributed by atoms with van der Waals surface area (Å²) in [6.07, 6.45) is 10.7. The number of unbranched alkanes of at least 4 members (excludes halogenated alkanes) is 2. The first-order valence-corrected chi connectivity index (χ1v) is 9.22. The van der Waals surface area contributed by atoms with Gasteiger partial charge in [-0.1, -0.05) is 60.3 Å². The molecule has 2 rings (SSSR count). The molecule has 1 heteroatoms. The minimum atomic E-state index is 1.08. The summed E-state index contributed by atoms with van der Waals surface area (Å²) in [6, 6.07) is 17.6. The summed E-state index contributed by atoms with van der Waals surface area (Å²) in [5, 5.41) is 0. The van der Waals surface area contributed by atoms with Gasteiger partial charge in [-0.2, -0.15) is 0 Å². The fourth-order valence-electron chi connectivity index (χ4n) is 2.61. The molecule has 0 aliphatic heterocycles. The lowest BCUT2D eigenvalue weighted by atomic mass is 10.1. The predicted octanol–water partition coefficient (Wildman–Crippen LogP) is 6.86. The molecule has 0 aliphatic carbocycles. The van der Waals surface area contributed by atoms with Gasteiger partial charge in [-0.3, -0.25) is 0 Å². The fourth-order valence-corrected chi connectivity index (χ4v) is 3.74. The van der Waals surface area contributed by atoms with Crippen LogP contribution in [0.25, 0.3) is 0 Å². The van der Waals surface area contributed by atoms with Crippen molar-refractivity contribution >= 4 is 11.8 Å². The topological polar surface area (TPSA) is 0 Å². The highest BCUT2D eigenvalue weighted by Crippen LogP contribution is 2.34. The molecular formula is C22H26S. The number of hydrogen-bond acceptors (Lipinski definition) is 1. The van der Waals surface area contributed by atoms with E-state index < -0.39 is 0 Å². The molecule has 0 unspecified atom stereocenters. The first-order chi connectivity index (χ1) is 11.3. The van der Waals surface area contributed by atoms with Crippen molar-refractivity contribution in [1.29, 1.82) is 0 Å². The standard InChI is InChI=1S/C22H26S/c1-3-5-7-13-19-15-9-11-17-21(19)23-22-18-12-10-16-20(22)14-8-6-4-2/h3-4,9-12,15-18H,1-2,5-8,13-14H2. The Kier molecular flexibility index (Phi) is 7.75. The Labute approximate surface area is 145 Å². The maximum atomic E-state index is 3.82. The van der Waals surface area contributed by atoms with Crippen LogP contribution in [0.4, 0.5) is 0 Å². The minimum Gasteiger partial charge on any atom is -0.103 e. The van der Waals surface area contributed by atoms with Gasteiger partial charge in [0.15, 0.2) is 0 Å². The Balaban J connectivity index is 2.12. The zero-order chi connectivity index (χ0) is 16.3. The zero-order valence-corrected chi connectivity index (χ0v) is 14.7. The monoisotopic (exact) mass is 322 g/mol. The lowest BCUT2D eigenvalue weighted by Crippen LogP contribution is -1.91. The van der Waals surface area contributed by atoms with Gasteiger partial charge in [-0.15, -0.1) is 13.2 Å². The van der Waals surface area contributed by atoms with E-state index >= 15 is 0 Å². The maximum Gasteiger partial charge on any atom is 0.0154 e. The molecule has 0 N–H and O–H groups in total. The molecule has 0 amide bonds. The highest BCUT2D eigenvalue weighted by atomic mass is 32.2. The quantitative estimate of drug-likeness (QED) is 0.340. The summed E-state index contributed by atoms with van der Waals surface area (Å²) in [6.45, 7) is 7.63. The zero-order valence-electron chi connectivity index (χ0n) is 13.8. The fraction of sp³-hybridized carbons (Fsp3) is 0.273. The summed E-state index contributed by atoms with van der Waals surface area (Å²) in [5.74, 6) is 0. The largest absolute Gasteiger partial charge is 0.103 e. The van der Waals surface area contributed by atoms with Crippen LogP contribution in [0, 0.1) is 0 Å². The molecule has 2 aromatic carbocycles. The van der Waals surface area contributed by atoms with Gasteiger partial charge in [-0.05, 0) is 61.8 Å². The first kappa shape index (κ1) is 17.6.